The van der Waals surface area contributed by atoms with E-state index in [4.69, 9.17) is 9.47 Å². The smallest absolute Gasteiger partial charge is 0.281 e. The van der Waals surface area contributed by atoms with E-state index in [0.717, 1.165) is 10.1 Å². The van der Waals surface area contributed by atoms with Crippen molar-refractivity contribution >= 4 is 17.1 Å². The molecule has 0 aliphatic rings. The van der Waals surface area contributed by atoms with Crippen molar-refractivity contribution in [3.8, 4) is 23.4 Å². The van der Waals surface area contributed by atoms with Crippen molar-refractivity contribution in [2.75, 3.05) is 14.2 Å². The van der Waals surface area contributed by atoms with Gasteiger partial charge >= 0.3 is 0 Å². The lowest BCUT2D eigenvalue weighted by Gasteiger charge is -2.14. The van der Waals surface area contributed by atoms with Crippen molar-refractivity contribution in [2.45, 2.75) is 26.8 Å². The Bertz CT molecular complexity index is 1420. The third-order valence-electron chi connectivity index (χ3n) is 5.50. The van der Waals surface area contributed by atoms with Crippen LogP contribution in [0.25, 0.3) is 0 Å². The number of azo groups is 1. The van der Waals surface area contributed by atoms with Gasteiger partial charge in [0, 0.05) is 23.7 Å². The zero-order valence-electron chi connectivity index (χ0n) is 19.6. The fourth-order valence-corrected chi connectivity index (χ4v) is 3.51. The molecule has 2 aromatic carbocycles. The monoisotopic (exact) mass is 477 g/mol. The molecule has 0 unspecified atom stereocenters. The fraction of sp³-hybridized carbons (Fsp3) is 0.250. The lowest BCUT2D eigenvalue weighted by atomic mass is 10.1. The highest BCUT2D eigenvalue weighted by Gasteiger charge is 2.20. The molecule has 180 valence electrons. The number of aromatic nitrogens is 1. The molecular formula is C24H23N5O6. The van der Waals surface area contributed by atoms with Gasteiger partial charge in [0.15, 0.2) is 17.2 Å². The summed E-state index contributed by atoms with van der Waals surface area (Å²) in [6.07, 6.45) is 0.336. The Morgan fingerprint density at radius 2 is 1.83 bits per heavy atom. The van der Waals surface area contributed by atoms with E-state index in [0.29, 0.717) is 23.5 Å². The van der Waals surface area contributed by atoms with Crippen LogP contribution in [0.1, 0.15) is 22.3 Å². The van der Waals surface area contributed by atoms with Crippen LogP contribution in [0, 0.1) is 35.3 Å². The number of pyridine rings is 1. The van der Waals surface area contributed by atoms with Crippen LogP contribution in [-0.4, -0.2) is 28.8 Å². The highest BCUT2D eigenvalue weighted by Crippen LogP contribution is 2.30. The Morgan fingerprint density at radius 3 is 2.46 bits per heavy atom. The summed E-state index contributed by atoms with van der Waals surface area (Å²) in [7, 11) is 3.03. The minimum absolute atomic E-state index is 0.0492. The molecule has 3 rings (SSSR count). The third kappa shape index (κ3) is 5.11. The SMILES string of the molecule is COc1ccc(CCn2c(O)c(C#N)c(C)c(N=Nc3ccc(C)c([N+](=O)[O-])c3)c2=O)cc1OC. The largest absolute Gasteiger partial charge is 0.493 e. The van der Waals surface area contributed by atoms with E-state index >= 15 is 0 Å². The summed E-state index contributed by atoms with van der Waals surface area (Å²) < 4.78 is 11.6. The standard InChI is InChI=1S/C24H23N5O6/c1-14-5-7-17(12-19(14)29(32)33)26-27-22-15(2)18(13-25)23(30)28(24(22)31)10-9-16-6-8-20(34-3)21(11-16)35-4/h5-8,11-12,30H,9-10H2,1-4H3. The van der Waals surface area contributed by atoms with E-state index in [1.165, 1.54) is 39.3 Å². The van der Waals surface area contributed by atoms with Crippen LogP contribution in [0.4, 0.5) is 17.1 Å². The Morgan fingerprint density at radius 1 is 1.11 bits per heavy atom. The van der Waals surface area contributed by atoms with Crippen molar-refractivity contribution in [3.05, 3.63) is 79.1 Å². The van der Waals surface area contributed by atoms with Gasteiger partial charge in [-0.25, -0.2) is 0 Å². The number of aryl methyl sites for hydroxylation is 2. The van der Waals surface area contributed by atoms with Crippen molar-refractivity contribution in [1.82, 2.24) is 4.57 Å². The molecule has 0 radical (unpaired) electrons. The van der Waals surface area contributed by atoms with Gasteiger partial charge < -0.3 is 14.6 Å². The molecule has 0 fully saturated rings. The molecule has 35 heavy (non-hydrogen) atoms. The van der Waals surface area contributed by atoms with Gasteiger partial charge in [-0.1, -0.05) is 12.1 Å². The Kier molecular flexibility index (Phi) is 7.46. The summed E-state index contributed by atoms with van der Waals surface area (Å²) in [6, 6.07) is 11.5. The highest BCUT2D eigenvalue weighted by molar-refractivity contribution is 5.57. The molecule has 0 bridgehead atoms. The number of nitriles is 1. The summed E-state index contributed by atoms with van der Waals surface area (Å²) in [5.41, 5.74) is 0.559. The van der Waals surface area contributed by atoms with Gasteiger partial charge in [-0.3, -0.25) is 19.5 Å². The molecule has 1 N–H and O–H groups in total. The number of aromatic hydroxyl groups is 1. The van der Waals surface area contributed by atoms with Gasteiger partial charge in [-0.15, -0.1) is 5.11 Å². The number of rotatable bonds is 8. The van der Waals surface area contributed by atoms with E-state index in [1.54, 1.807) is 25.1 Å². The molecule has 11 heteroatoms. The number of hydrogen-bond donors (Lipinski definition) is 1. The topological polar surface area (TPSA) is 152 Å². The average molecular weight is 477 g/mol. The molecule has 1 aromatic heterocycles. The molecule has 0 aliphatic carbocycles. The van der Waals surface area contributed by atoms with E-state index in [9.17, 15) is 25.3 Å². The molecule has 0 spiro atoms. The van der Waals surface area contributed by atoms with E-state index < -0.39 is 16.4 Å². The minimum atomic E-state index is -0.648. The van der Waals surface area contributed by atoms with Crippen molar-refractivity contribution in [1.29, 1.82) is 5.26 Å². The van der Waals surface area contributed by atoms with E-state index in [2.05, 4.69) is 10.2 Å². The van der Waals surface area contributed by atoms with E-state index in [1.807, 2.05) is 6.07 Å². The van der Waals surface area contributed by atoms with Crippen molar-refractivity contribution in [2.24, 2.45) is 10.2 Å². The zero-order valence-corrected chi connectivity index (χ0v) is 19.6. The number of nitro benzene ring substituents is 1. The van der Waals surface area contributed by atoms with Gasteiger partial charge in [-0.2, -0.15) is 10.4 Å². The van der Waals surface area contributed by atoms with Crippen LogP contribution in [0.2, 0.25) is 0 Å². The summed E-state index contributed by atoms with van der Waals surface area (Å²) >= 11 is 0. The number of nitrogens with zero attached hydrogens (tertiary/aromatic N) is 5. The summed E-state index contributed by atoms with van der Waals surface area (Å²) in [5.74, 6) is 0.600. The second-order valence-corrected chi connectivity index (χ2v) is 7.61. The van der Waals surface area contributed by atoms with Crippen LogP contribution < -0.4 is 15.0 Å². The zero-order chi connectivity index (χ0) is 25.7. The maximum atomic E-state index is 13.2. The first kappa shape index (κ1) is 24.9. The molecule has 1 heterocycles. The summed E-state index contributed by atoms with van der Waals surface area (Å²) in [5, 5.41) is 39.3. The van der Waals surface area contributed by atoms with Crippen LogP contribution in [0.3, 0.4) is 0 Å². The third-order valence-corrected chi connectivity index (χ3v) is 5.50. The first-order valence-electron chi connectivity index (χ1n) is 10.5. The number of methoxy groups -OCH3 is 2. The Balaban J connectivity index is 2.00. The fourth-order valence-electron chi connectivity index (χ4n) is 3.51. The van der Waals surface area contributed by atoms with Crippen LogP contribution >= 0.6 is 0 Å². The predicted octanol–water partition coefficient (Wildman–Crippen LogP) is 4.63. The van der Waals surface area contributed by atoms with Crippen LogP contribution in [0.15, 0.2) is 51.4 Å². The summed E-state index contributed by atoms with van der Waals surface area (Å²) in [4.78, 5) is 23.8. The molecule has 3 aromatic rings. The highest BCUT2D eigenvalue weighted by atomic mass is 16.6. The molecule has 11 nitrogen and oxygen atoms in total. The molecule has 0 aliphatic heterocycles. The number of ether oxygens (including phenoxy) is 2. The normalized spacial score (nSPS) is 10.8. The first-order valence-corrected chi connectivity index (χ1v) is 10.5. The maximum Gasteiger partial charge on any atom is 0.281 e. The van der Waals surface area contributed by atoms with Crippen molar-refractivity contribution in [3.63, 3.8) is 0 Å². The lowest BCUT2D eigenvalue weighted by molar-refractivity contribution is -0.385. The number of nitro groups is 1. The number of benzene rings is 2. The van der Waals surface area contributed by atoms with Gasteiger partial charge in [0.05, 0.1) is 24.8 Å². The lowest BCUT2D eigenvalue weighted by Crippen LogP contribution is -2.23. The van der Waals surface area contributed by atoms with Crippen LogP contribution in [-0.2, 0) is 13.0 Å². The molecular weight excluding hydrogens is 454 g/mol. The Labute approximate surface area is 200 Å². The predicted molar refractivity (Wildman–Crippen MR) is 127 cm³/mol. The van der Waals surface area contributed by atoms with E-state index in [-0.39, 0.29) is 34.7 Å². The molecule has 0 saturated carbocycles. The van der Waals surface area contributed by atoms with Gasteiger partial charge in [0.25, 0.3) is 11.2 Å². The van der Waals surface area contributed by atoms with Crippen LogP contribution in [0.5, 0.6) is 17.4 Å². The maximum absolute atomic E-state index is 13.2. The van der Waals surface area contributed by atoms with Crippen molar-refractivity contribution < 1.29 is 19.5 Å². The quantitative estimate of drug-likeness (QED) is 0.282. The second kappa shape index (κ2) is 10.5. The second-order valence-electron chi connectivity index (χ2n) is 7.61. The van der Waals surface area contributed by atoms with Gasteiger partial charge in [-0.05, 0) is 44.0 Å². The van der Waals surface area contributed by atoms with Gasteiger partial charge in [0.2, 0.25) is 5.88 Å². The first-order chi connectivity index (χ1) is 16.7. The number of hydrogen-bond acceptors (Lipinski definition) is 9. The molecule has 0 atom stereocenters. The molecule has 0 saturated heterocycles. The Hall–Kier alpha value is -4.72. The average Bonchev–Trinajstić information content (AvgIpc) is 2.84. The van der Waals surface area contributed by atoms with Gasteiger partial charge in [0.1, 0.15) is 11.6 Å². The summed E-state index contributed by atoms with van der Waals surface area (Å²) in [6.45, 7) is 3.12. The minimum Gasteiger partial charge on any atom is -0.493 e. The molecule has 0 amide bonds.